The molecule has 0 unspecified atom stereocenters. The predicted octanol–water partition coefficient (Wildman–Crippen LogP) is 0.793. The molecular formula is C13H13N3O3. The lowest BCUT2D eigenvalue weighted by Gasteiger charge is -2.07. The first-order valence-electron chi connectivity index (χ1n) is 5.68. The molecule has 0 saturated carbocycles. The van der Waals surface area contributed by atoms with Crippen molar-refractivity contribution in [3.05, 3.63) is 56.9 Å². The summed E-state index contributed by atoms with van der Waals surface area (Å²) < 4.78 is 1.34. The minimum atomic E-state index is -0.497. The summed E-state index contributed by atoms with van der Waals surface area (Å²) in [5.41, 5.74) is 0.813. The lowest BCUT2D eigenvalue weighted by atomic mass is 10.2. The lowest BCUT2D eigenvalue weighted by molar-refractivity contribution is -0.114. The first-order valence-corrected chi connectivity index (χ1v) is 5.68. The van der Waals surface area contributed by atoms with Gasteiger partial charge < -0.3 is 5.32 Å². The van der Waals surface area contributed by atoms with Crippen molar-refractivity contribution in [2.45, 2.75) is 13.8 Å². The molecule has 0 aliphatic carbocycles. The summed E-state index contributed by atoms with van der Waals surface area (Å²) in [6, 6.07) is 6.74. The van der Waals surface area contributed by atoms with Crippen LogP contribution in [0.3, 0.4) is 0 Å². The molecule has 0 atom stereocenters. The second kappa shape index (κ2) is 4.93. The number of anilines is 1. The van der Waals surface area contributed by atoms with Crippen molar-refractivity contribution in [1.82, 2.24) is 9.55 Å². The van der Waals surface area contributed by atoms with Gasteiger partial charge >= 0.3 is 5.69 Å². The zero-order valence-electron chi connectivity index (χ0n) is 10.6. The fraction of sp³-hybridized carbons (Fsp3) is 0.154. The third kappa shape index (κ3) is 2.79. The summed E-state index contributed by atoms with van der Waals surface area (Å²) >= 11 is 0. The van der Waals surface area contributed by atoms with E-state index in [0.717, 1.165) is 0 Å². The van der Waals surface area contributed by atoms with E-state index in [4.69, 9.17) is 0 Å². The molecule has 1 heterocycles. The third-order valence-corrected chi connectivity index (χ3v) is 2.59. The van der Waals surface area contributed by atoms with Crippen LogP contribution >= 0.6 is 0 Å². The highest BCUT2D eigenvalue weighted by Crippen LogP contribution is 2.11. The van der Waals surface area contributed by atoms with Crippen LogP contribution in [0.2, 0.25) is 0 Å². The third-order valence-electron chi connectivity index (χ3n) is 2.59. The zero-order valence-corrected chi connectivity index (χ0v) is 10.6. The van der Waals surface area contributed by atoms with E-state index in [0.29, 0.717) is 16.9 Å². The number of aromatic amines is 1. The fourth-order valence-electron chi connectivity index (χ4n) is 1.67. The molecule has 0 aliphatic rings. The average molecular weight is 259 g/mol. The molecule has 0 saturated heterocycles. The molecule has 6 nitrogen and oxygen atoms in total. The van der Waals surface area contributed by atoms with Crippen LogP contribution in [-0.4, -0.2) is 15.5 Å². The Bertz CT molecular complexity index is 726. The molecule has 0 aliphatic heterocycles. The number of carbonyl (C=O) groups excluding carboxylic acids is 1. The second-order valence-electron chi connectivity index (χ2n) is 4.17. The highest BCUT2D eigenvalue weighted by Gasteiger charge is 2.03. The second-order valence-corrected chi connectivity index (χ2v) is 4.17. The van der Waals surface area contributed by atoms with Crippen LogP contribution in [-0.2, 0) is 4.79 Å². The largest absolute Gasteiger partial charge is 0.332 e. The minimum Gasteiger partial charge on any atom is -0.326 e. The van der Waals surface area contributed by atoms with Crippen molar-refractivity contribution in [2.75, 3.05) is 5.32 Å². The number of nitrogens with zero attached hydrogens (tertiary/aromatic N) is 1. The molecule has 98 valence electrons. The quantitative estimate of drug-likeness (QED) is 0.836. The highest BCUT2D eigenvalue weighted by atomic mass is 16.2. The van der Waals surface area contributed by atoms with Gasteiger partial charge in [0.15, 0.2) is 0 Å². The van der Waals surface area contributed by atoms with E-state index in [-0.39, 0.29) is 5.91 Å². The van der Waals surface area contributed by atoms with Crippen LogP contribution in [0, 0.1) is 6.92 Å². The maximum Gasteiger partial charge on any atom is 0.332 e. The van der Waals surface area contributed by atoms with Crippen molar-refractivity contribution >= 4 is 11.6 Å². The normalized spacial score (nSPS) is 10.2. The van der Waals surface area contributed by atoms with E-state index in [1.54, 1.807) is 31.2 Å². The molecule has 2 rings (SSSR count). The summed E-state index contributed by atoms with van der Waals surface area (Å²) in [5, 5.41) is 2.63. The number of amides is 1. The summed E-state index contributed by atoms with van der Waals surface area (Å²) in [5.74, 6) is -0.162. The Morgan fingerprint density at radius 2 is 1.84 bits per heavy atom. The topological polar surface area (TPSA) is 84.0 Å². The Morgan fingerprint density at radius 1 is 1.21 bits per heavy atom. The number of nitrogens with one attached hydrogen (secondary N) is 2. The van der Waals surface area contributed by atoms with Gasteiger partial charge in [-0.05, 0) is 31.2 Å². The maximum absolute atomic E-state index is 11.7. The van der Waals surface area contributed by atoms with Gasteiger partial charge in [-0.1, -0.05) is 0 Å². The molecule has 1 aromatic carbocycles. The molecule has 0 spiro atoms. The summed E-state index contributed by atoms with van der Waals surface area (Å²) in [4.78, 5) is 36.1. The standard InChI is InChI=1S/C13H13N3O3/c1-8-7-16(13(19)15-12(8)18)11-5-3-10(4-6-11)14-9(2)17/h3-7H,1-2H3,(H,14,17)(H,15,18,19). The SMILES string of the molecule is CC(=O)Nc1ccc(-n2cc(C)c(=O)[nH]c2=O)cc1. The van der Waals surface area contributed by atoms with E-state index in [1.165, 1.54) is 17.7 Å². The van der Waals surface area contributed by atoms with Crippen LogP contribution < -0.4 is 16.6 Å². The van der Waals surface area contributed by atoms with Gasteiger partial charge in [0.25, 0.3) is 5.56 Å². The van der Waals surface area contributed by atoms with E-state index in [2.05, 4.69) is 10.3 Å². The molecule has 6 heteroatoms. The van der Waals surface area contributed by atoms with Gasteiger partial charge in [-0.25, -0.2) is 4.79 Å². The summed E-state index contributed by atoms with van der Waals surface area (Å²) in [7, 11) is 0. The number of aryl methyl sites for hydroxylation is 1. The molecule has 0 fully saturated rings. The molecule has 0 radical (unpaired) electrons. The summed E-state index contributed by atoms with van der Waals surface area (Å²) in [6.07, 6.45) is 1.48. The van der Waals surface area contributed by atoms with Gasteiger partial charge in [0.05, 0.1) is 5.69 Å². The Hall–Kier alpha value is -2.63. The number of hydrogen-bond acceptors (Lipinski definition) is 3. The van der Waals surface area contributed by atoms with Gasteiger partial charge in [0.1, 0.15) is 0 Å². The van der Waals surface area contributed by atoms with Gasteiger partial charge in [0.2, 0.25) is 5.91 Å². The Morgan fingerprint density at radius 3 is 2.42 bits per heavy atom. The van der Waals surface area contributed by atoms with Crippen LogP contribution in [0.15, 0.2) is 40.1 Å². The van der Waals surface area contributed by atoms with E-state index < -0.39 is 11.2 Å². The molecule has 0 bridgehead atoms. The number of hydrogen-bond donors (Lipinski definition) is 2. The van der Waals surface area contributed by atoms with Crippen LogP contribution in [0.1, 0.15) is 12.5 Å². The first kappa shape index (κ1) is 12.8. The zero-order chi connectivity index (χ0) is 14.0. The van der Waals surface area contributed by atoms with E-state index >= 15 is 0 Å². The van der Waals surface area contributed by atoms with Crippen LogP contribution in [0.4, 0.5) is 5.69 Å². The van der Waals surface area contributed by atoms with Crippen molar-refractivity contribution in [3.8, 4) is 5.69 Å². The van der Waals surface area contributed by atoms with Gasteiger partial charge in [-0.15, -0.1) is 0 Å². The lowest BCUT2D eigenvalue weighted by Crippen LogP contribution is -2.29. The fourth-order valence-corrected chi connectivity index (χ4v) is 1.67. The Kier molecular flexibility index (Phi) is 3.33. The van der Waals surface area contributed by atoms with Crippen LogP contribution in [0.5, 0.6) is 0 Å². The van der Waals surface area contributed by atoms with Crippen molar-refractivity contribution in [1.29, 1.82) is 0 Å². The summed E-state index contributed by atoms with van der Waals surface area (Å²) in [6.45, 7) is 3.05. The Balaban J connectivity index is 2.43. The van der Waals surface area contributed by atoms with Crippen molar-refractivity contribution in [3.63, 3.8) is 0 Å². The van der Waals surface area contributed by atoms with Gasteiger partial charge in [-0.2, -0.15) is 0 Å². The first-order chi connectivity index (χ1) is 8.97. The maximum atomic E-state index is 11.7. The Labute approximate surface area is 108 Å². The number of benzene rings is 1. The minimum absolute atomic E-state index is 0.162. The van der Waals surface area contributed by atoms with E-state index in [9.17, 15) is 14.4 Å². The molecule has 1 amide bonds. The number of aromatic nitrogens is 2. The smallest absolute Gasteiger partial charge is 0.326 e. The van der Waals surface area contributed by atoms with E-state index in [1.807, 2.05) is 0 Å². The number of carbonyl (C=O) groups is 1. The molecule has 2 aromatic rings. The highest BCUT2D eigenvalue weighted by molar-refractivity contribution is 5.88. The molecule has 1 aromatic heterocycles. The average Bonchev–Trinajstić information content (AvgIpc) is 2.34. The van der Waals surface area contributed by atoms with Gasteiger partial charge in [0, 0.05) is 24.4 Å². The van der Waals surface area contributed by atoms with Gasteiger partial charge in [-0.3, -0.25) is 19.1 Å². The number of H-pyrrole nitrogens is 1. The molecule has 19 heavy (non-hydrogen) atoms. The van der Waals surface area contributed by atoms with Crippen LogP contribution in [0.25, 0.3) is 5.69 Å². The molecular weight excluding hydrogens is 246 g/mol. The number of rotatable bonds is 2. The van der Waals surface area contributed by atoms with Crippen molar-refractivity contribution in [2.24, 2.45) is 0 Å². The van der Waals surface area contributed by atoms with Crippen molar-refractivity contribution < 1.29 is 4.79 Å². The predicted molar refractivity (Wildman–Crippen MR) is 71.7 cm³/mol. The monoisotopic (exact) mass is 259 g/mol. The molecule has 2 N–H and O–H groups in total.